The lowest BCUT2D eigenvalue weighted by atomic mass is 9.94. The van der Waals surface area contributed by atoms with Gasteiger partial charge in [0.1, 0.15) is 11.6 Å². The molecule has 3 heteroatoms. The molecule has 0 bridgehead atoms. The van der Waals surface area contributed by atoms with Crippen LogP contribution in [0.15, 0.2) is 12.1 Å². The van der Waals surface area contributed by atoms with Crippen molar-refractivity contribution in [1.29, 1.82) is 0 Å². The van der Waals surface area contributed by atoms with Gasteiger partial charge < -0.3 is 5.32 Å². The predicted molar refractivity (Wildman–Crippen MR) is 71.6 cm³/mol. The van der Waals surface area contributed by atoms with Gasteiger partial charge in [-0.25, -0.2) is 8.78 Å². The molecule has 0 aliphatic heterocycles. The summed E-state index contributed by atoms with van der Waals surface area (Å²) in [6.45, 7) is 9.93. The van der Waals surface area contributed by atoms with Crippen LogP contribution in [-0.4, -0.2) is 6.04 Å². The largest absolute Gasteiger partial charge is 0.308 e. The third kappa shape index (κ3) is 4.05. The van der Waals surface area contributed by atoms with Gasteiger partial charge in [-0.3, -0.25) is 0 Å². The van der Waals surface area contributed by atoms with E-state index in [1.165, 1.54) is 0 Å². The SMILES string of the molecule is Cc1cc(C(CC(C)C)NC(C)C)c(F)cc1F. The topological polar surface area (TPSA) is 12.0 Å². The fourth-order valence-electron chi connectivity index (χ4n) is 2.11. The molecule has 0 aliphatic carbocycles. The quantitative estimate of drug-likeness (QED) is 0.824. The molecular formula is C15H23F2N. The van der Waals surface area contributed by atoms with E-state index in [1.807, 2.05) is 13.8 Å². The van der Waals surface area contributed by atoms with E-state index in [2.05, 4.69) is 19.2 Å². The maximum absolute atomic E-state index is 13.9. The summed E-state index contributed by atoms with van der Waals surface area (Å²) in [4.78, 5) is 0. The maximum Gasteiger partial charge on any atom is 0.130 e. The van der Waals surface area contributed by atoms with Crippen molar-refractivity contribution in [3.05, 3.63) is 34.9 Å². The van der Waals surface area contributed by atoms with Crippen LogP contribution in [0.3, 0.4) is 0 Å². The normalized spacial score (nSPS) is 13.4. The van der Waals surface area contributed by atoms with Crippen LogP contribution in [0.1, 0.15) is 51.3 Å². The van der Waals surface area contributed by atoms with Crippen LogP contribution in [0, 0.1) is 24.5 Å². The highest BCUT2D eigenvalue weighted by atomic mass is 19.1. The molecule has 1 aromatic carbocycles. The minimum Gasteiger partial charge on any atom is -0.308 e. The van der Waals surface area contributed by atoms with E-state index < -0.39 is 11.6 Å². The third-order valence-corrected chi connectivity index (χ3v) is 2.89. The van der Waals surface area contributed by atoms with Crippen molar-refractivity contribution < 1.29 is 8.78 Å². The fraction of sp³-hybridized carbons (Fsp3) is 0.600. The van der Waals surface area contributed by atoms with Crippen molar-refractivity contribution in [1.82, 2.24) is 5.32 Å². The van der Waals surface area contributed by atoms with Crippen LogP contribution < -0.4 is 5.32 Å². The molecule has 0 saturated carbocycles. The van der Waals surface area contributed by atoms with E-state index in [9.17, 15) is 8.78 Å². The van der Waals surface area contributed by atoms with Crippen LogP contribution in [-0.2, 0) is 0 Å². The lowest BCUT2D eigenvalue weighted by molar-refractivity contribution is 0.388. The number of halogens is 2. The summed E-state index contributed by atoms with van der Waals surface area (Å²) in [6, 6.07) is 2.80. The van der Waals surface area contributed by atoms with Crippen molar-refractivity contribution in [2.45, 2.75) is 53.1 Å². The molecule has 1 N–H and O–H groups in total. The summed E-state index contributed by atoms with van der Waals surface area (Å²) in [5.41, 5.74) is 1.06. The van der Waals surface area contributed by atoms with Gasteiger partial charge in [0.25, 0.3) is 0 Å². The molecule has 1 atom stereocenters. The Morgan fingerprint density at radius 2 is 1.67 bits per heavy atom. The van der Waals surface area contributed by atoms with Gasteiger partial charge >= 0.3 is 0 Å². The third-order valence-electron chi connectivity index (χ3n) is 2.89. The molecule has 0 spiro atoms. The first-order chi connectivity index (χ1) is 8.31. The van der Waals surface area contributed by atoms with Crippen molar-refractivity contribution >= 4 is 0 Å². The fourth-order valence-corrected chi connectivity index (χ4v) is 2.11. The first-order valence-corrected chi connectivity index (χ1v) is 6.52. The van der Waals surface area contributed by atoms with Crippen molar-refractivity contribution in [2.24, 2.45) is 5.92 Å². The van der Waals surface area contributed by atoms with E-state index in [1.54, 1.807) is 13.0 Å². The average molecular weight is 255 g/mol. The molecule has 0 aliphatic rings. The molecule has 0 fully saturated rings. The zero-order valence-corrected chi connectivity index (χ0v) is 11.8. The monoisotopic (exact) mass is 255 g/mol. The van der Waals surface area contributed by atoms with Gasteiger partial charge in [-0.2, -0.15) is 0 Å². The van der Waals surface area contributed by atoms with E-state index in [-0.39, 0.29) is 12.1 Å². The predicted octanol–water partition coefficient (Wildman–Crippen LogP) is 4.36. The highest BCUT2D eigenvalue weighted by molar-refractivity contribution is 5.28. The number of nitrogens with one attached hydrogen (secondary N) is 1. The summed E-state index contributed by atoms with van der Waals surface area (Å²) in [6.07, 6.45) is 0.834. The molecule has 102 valence electrons. The molecule has 1 nitrogen and oxygen atoms in total. The molecule has 0 amide bonds. The van der Waals surface area contributed by atoms with Crippen LogP contribution >= 0.6 is 0 Å². The second kappa shape index (κ2) is 6.28. The summed E-state index contributed by atoms with van der Waals surface area (Å²) in [5.74, 6) is -0.494. The van der Waals surface area contributed by atoms with Gasteiger partial charge in [-0.15, -0.1) is 0 Å². The molecular weight excluding hydrogens is 232 g/mol. The Bertz CT molecular complexity index is 390. The zero-order valence-electron chi connectivity index (χ0n) is 11.8. The summed E-state index contributed by atoms with van der Waals surface area (Å²) in [7, 11) is 0. The second-order valence-corrected chi connectivity index (χ2v) is 5.63. The van der Waals surface area contributed by atoms with Gasteiger partial charge in [0.15, 0.2) is 0 Å². The number of rotatable bonds is 5. The molecule has 18 heavy (non-hydrogen) atoms. The molecule has 1 rings (SSSR count). The Morgan fingerprint density at radius 3 is 2.17 bits per heavy atom. The summed E-state index contributed by atoms with van der Waals surface area (Å²) in [5, 5.41) is 3.35. The van der Waals surface area contributed by atoms with Crippen molar-refractivity contribution in [2.75, 3.05) is 0 Å². The summed E-state index contributed by atoms with van der Waals surface area (Å²) < 4.78 is 27.2. The highest BCUT2D eigenvalue weighted by Crippen LogP contribution is 2.26. The number of hydrogen-bond donors (Lipinski definition) is 1. The highest BCUT2D eigenvalue weighted by Gasteiger charge is 2.19. The minimum absolute atomic E-state index is 0.0655. The Kier molecular flexibility index (Phi) is 5.27. The average Bonchev–Trinajstić information content (AvgIpc) is 2.21. The molecule has 0 aromatic heterocycles. The van der Waals surface area contributed by atoms with Gasteiger partial charge in [0, 0.05) is 23.7 Å². The van der Waals surface area contributed by atoms with E-state index in [0.717, 1.165) is 12.5 Å². The molecule has 0 saturated heterocycles. The Balaban J connectivity index is 3.07. The first-order valence-electron chi connectivity index (χ1n) is 6.52. The lowest BCUT2D eigenvalue weighted by Crippen LogP contribution is -2.30. The van der Waals surface area contributed by atoms with Gasteiger partial charge in [-0.05, 0) is 30.9 Å². The number of aryl methyl sites for hydroxylation is 1. The molecule has 0 radical (unpaired) electrons. The van der Waals surface area contributed by atoms with E-state index in [0.29, 0.717) is 17.0 Å². The molecule has 1 aromatic rings. The van der Waals surface area contributed by atoms with Gasteiger partial charge in [0.05, 0.1) is 0 Å². The van der Waals surface area contributed by atoms with E-state index in [4.69, 9.17) is 0 Å². The lowest BCUT2D eigenvalue weighted by Gasteiger charge is -2.24. The minimum atomic E-state index is -0.482. The molecule has 0 heterocycles. The van der Waals surface area contributed by atoms with E-state index >= 15 is 0 Å². The van der Waals surface area contributed by atoms with Crippen LogP contribution in [0.5, 0.6) is 0 Å². The van der Waals surface area contributed by atoms with Gasteiger partial charge in [0.2, 0.25) is 0 Å². The number of benzene rings is 1. The summed E-state index contributed by atoms with van der Waals surface area (Å²) >= 11 is 0. The van der Waals surface area contributed by atoms with Crippen molar-refractivity contribution in [3.8, 4) is 0 Å². The standard InChI is InChI=1S/C15H23F2N/c1-9(2)6-15(18-10(3)4)12-7-11(5)13(16)8-14(12)17/h7-10,15,18H,6H2,1-5H3. The van der Waals surface area contributed by atoms with Crippen LogP contribution in [0.25, 0.3) is 0 Å². The zero-order chi connectivity index (χ0) is 13.9. The second-order valence-electron chi connectivity index (χ2n) is 5.63. The van der Waals surface area contributed by atoms with Crippen LogP contribution in [0.4, 0.5) is 8.78 Å². The number of hydrogen-bond acceptors (Lipinski definition) is 1. The maximum atomic E-state index is 13.9. The van der Waals surface area contributed by atoms with Crippen molar-refractivity contribution in [3.63, 3.8) is 0 Å². The Hall–Kier alpha value is -0.960. The Labute approximate surface area is 109 Å². The smallest absolute Gasteiger partial charge is 0.130 e. The first kappa shape index (κ1) is 15.1. The van der Waals surface area contributed by atoms with Crippen LogP contribution in [0.2, 0.25) is 0 Å². The Morgan fingerprint density at radius 1 is 1.06 bits per heavy atom. The van der Waals surface area contributed by atoms with Gasteiger partial charge in [-0.1, -0.05) is 27.7 Å². The molecule has 1 unspecified atom stereocenters.